The summed E-state index contributed by atoms with van der Waals surface area (Å²) in [5.41, 5.74) is 0. The monoisotopic (exact) mass is 198 g/mol. The van der Waals surface area contributed by atoms with Crippen LogP contribution in [0.2, 0.25) is 0 Å². The van der Waals surface area contributed by atoms with Crippen LogP contribution in [-0.4, -0.2) is 29.1 Å². The molecule has 1 atom stereocenters. The number of thiocyanates is 1. The third-order valence-electron chi connectivity index (χ3n) is 2.24. The van der Waals surface area contributed by atoms with Crippen LogP contribution in [0.4, 0.5) is 0 Å². The molecule has 13 heavy (non-hydrogen) atoms. The van der Waals surface area contributed by atoms with E-state index in [0.29, 0.717) is 0 Å². The van der Waals surface area contributed by atoms with Crippen LogP contribution in [0.3, 0.4) is 0 Å². The zero-order chi connectivity index (χ0) is 9.68. The van der Waals surface area contributed by atoms with E-state index in [0.717, 1.165) is 37.7 Å². The molecule has 1 saturated heterocycles. The Morgan fingerprint density at radius 1 is 1.46 bits per heavy atom. The average Bonchev–Trinajstić information content (AvgIpc) is 2.18. The van der Waals surface area contributed by atoms with Crippen molar-refractivity contribution in [1.29, 1.82) is 5.26 Å². The molecule has 4 heteroatoms. The Labute approximate surface area is 83.1 Å². The maximum atomic E-state index is 11.6. The second kappa shape index (κ2) is 5.13. The minimum absolute atomic E-state index is 0.117. The third kappa shape index (κ3) is 2.92. The number of rotatable bonds is 2. The first-order valence-electron chi connectivity index (χ1n) is 4.59. The molecule has 1 amide bonds. The predicted octanol–water partition coefficient (Wildman–Crippen LogP) is 1.60. The molecule has 0 aromatic rings. The summed E-state index contributed by atoms with van der Waals surface area (Å²) in [4.78, 5) is 13.5. The molecule has 72 valence electrons. The van der Waals surface area contributed by atoms with Gasteiger partial charge >= 0.3 is 0 Å². The van der Waals surface area contributed by atoms with Gasteiger partial charge in [-0.05, 0) is 37.9 Å². The topological polar surface area (TPSA) is 44.1 Å². The summed E-state index contributed by atoms with van der Waals surface area (Å²) in [7, 11) is 0. The second-order valence-electron chi connectivity index (χ2n) is 3.24. The van der Waals surface area contributed by atoms with Gasteiger partial charge in [0, 0.05) is 13.1 Å². The minimum Gasteiger partial charge on any atom is -0.342 e. The normalized spacial score (nSPS) is 19.2. The fraction of sp³-hybridized carbons (Fsp3) is 0.778. The van der Waals surface area contributed by atoms with E-state index in [1.165, 1.54) is 6.42 Å². The summed E-state index contributed by atoms with van der Waals surface area (Å²) >= 11 is 1.05. The lowest BCUT2D eigenvalue weighted by Gasteiger charge is -2.28. The molecule has 0 saturated carbocycles. The van der Waals surface area contributed by atoms with Crippen LogP contribution in [-0.2, 0) is 4.79 Å². The molecule has 1 unspecified atom stereocenters. The molecule has 1 fully saturated rings. The van der Waals surface area contributed by atoms with E-state index in [2.05, 4.69) is 0 Å². The van der Waals surface area contributed by atoms with Gasteiger partial charge < -0.3 is 4.90 Å². The number of piperidine rings is 1. The molecule has 0 spiro atoms. The van der Waals surface area contributed by atoms with Crippen LogP contribution in [0.5, 0.6) is 0 Å². The van der Waals surface area contributed by atoms with Crippen molar-refractivity contribution in [2.75, 3.05) is 13.1 Å². The van der Waals surface area contributed by atoms with Gasteiger partial charge in [-0.25, -0.2) is 0 Å². The minimum atomic E-state index is -0.205. The van der Waals surface area contributed by atoms with E-state index in [1.807, 2.05) is 10.3 Å². The van der Waals surface area contributed by atoms with Crippen molar-refractivity contribution in [3.8, 4) is 5.40 Å². The van der Waals surface area contributed by atoms with Gasteiger partial charge in [0.2, 0.25) is 5.91 Å². The van der Waals surface area contributed by atoms with Crippen molar-refractivity contribution >= 4 is 17.7 Å². The van der Waals surface area contributed by atoms with E-state index in [4.69, 9.17) is 5.26 Å². The maximum absolute atomic E-state index is 11.6. The maximum Gasteiger partial charge on any atom is 0.236 e. The highest BCUT2D eigenvalue weighted by molar-refractivity contribution is 8.04. The summed E-state index contributed by atoms with van der Waals surface area (Å²) in [6.45, 7) is 3.54. The zero-order valence-electron chi connectivity index (χ0n) is 7.82. The Kier molecular flexibility index (Phi) is 4.10. The molecule has 0 aromatic heterocycles. The highest BCUT2D eigenvalue weighted by Crippen LogP contribution is 2.15. The van der Waals surface area contributed by atoms with Gasteiger partial charge in [0.25, 0.3) is 0 Å². The number of carbonyl (C=O) groups excluding carboxylic acids is 1. The average molecular weight is 198 g/mol. The quantitative estimate of drug-likeness (QED) is 0.633. The first-order valence-corrected chi connectivity index (χ1v) is 5.47. The molecule has 0 radical (unpaired) electrons. The lowest BCUT2D eigenvalue weighted by atomic mass is 10.1. The molecule has 0 bridgehead atoms. The Hall–Kier alpha value is -0.690. The number of carbonyl (C=O) groups is 1. The molecular formula is C9H14N2OS. The number of hydrogen-bond acceptors (Lipinski definition) is 3. The van der Waals surface area contributed by atoms with Crippen molar-refractivity contribution < 1.29 is 4.79 Å². The highest BCUT2D eigenvalue weighted by atomic mass is 32.2. The summed E-state index contributed by atoms with van der Waals surface area (Å²) in [5, 5.41) is 10.2. The molecule has 3 nitrogen and oxygen atoms in total. The lowest BCUT2D eigenvalue weighted by molar-refractivity contribution is -0.131. The highest BCUT2D eigenvalue weighted by Gasteiger charge is 2.22. The van der Waals surface area contributed by atoms with E-state index in [-0.39, 0.29) is 11.2 Å². The van der Waals surface area contributed by atoms with Gasteiger partial charge in [-0.15, -0.1) is 0 Å². The Morgan fingerprint density at radius 3 is 2.62 bits per heavy atom. The Bertz CT molecular complexity index is 218. The number of hydrogen-bond donors (Lipinski definition) is 0. The van der Waals surface area contributed by atoms with Gasteiger partial charge in [-0.1, -0.05) is 0 Å². The molecular weight excluding hydrogens is 184 g/mol. The van der Waals surface area contributed by atoms with E-state index in [9.17, 15) is 4.79 Å². The number of likely N-dealkylation sites (tertiary alicyclic amines) is 1. The predicted molar refractivity (Wildman–Crippen MR) is 53.1 cm³/mol. The van der Waals surface area contributed by atoms with E-state index >= 15 is 0 Å². The molecule has 0 aliphatic carbocycles. The molecule has 0 N–H and O–H groups in total. The molecule has 1 aliphatic rings. The largest absolute Gasteiger partial charge is 0.342 e. The summed E-state index contributed by atoms with van der Waals surface area (Å²) < 4.78 is 0. The Morgan fingerprint density at radius 2 is 2.08 bits per heavy atom. The zero-order valence-corrected chi connectivity index (χ0v) is 8.64. The number of nitrogens with zero attached hydrogens (tertiary/aromatic N) is 2. The van der Waals surface area contributed by atoms with E-state index < -0.39 is 0 Å². The summed E-state index contributed by atoms with van der Waals surface area (Å²) in [6, 6.07) is 0. The van der Waals surface area contributed by atoms with Crippen molar-refractivity contribution in [2.24, 2.45) is 0 Å². The smallest absolute Gasteiger partial charge is 0.236 e. The van der Waals surface area contributed by atoms with Crippen LogP contribution in [0.15, 0.2) is 0 Å². The summed E-state index contributed by atoms with van der Waals surface area (Å²) in [6.07, 6.45) is 3.44. The van der Waals surface area contributed by atoms with Crippen LogP contribution in [0.25, 0.3) is 0 Å². The van der Waals surface area contributed by atoms with Crippen LogP contribution in [0.1, 0.15) is 26.2 Å². The fourth-order valence-corrected chi connectivity index (χ4v) is 1.91. The van der Waals surface area contributed by atoms with Gasteiger partial charge in [0.1, 0.15) is 5.40 Å². The third-order valence-corrected chi connectivity index (χ3v) is 2.91. The second-order valence-corrected chi connectivity index (χ2v) is 4.36. The first-order chi connectivity index (χ1) is 6.25. The molecule has 1 rings (SSSR count). The van der Waals surface area contributed by atoms with Crippen molar-refractivity contribution in [3.05, 3.63) is 0 Å². The van der Waals surface area contributed by atoms with Crippen molar-refractivity contribution in [1.82, 2.24) is 4.90 Å². The summed E-state index contributed by atoms with van der Waals surface area (Å²) in [5.74, 6) is 0.117. The van der Waals surface area contributed by atoms with E-state index in [1.54, 1.807) is 6.92 Å². The van der Waals surface area contributed by atoms with Gasteiger partial charge in [-0.3, -0.25) is 4.79 Å². The lowest BCUT2D eigenvalue weighted by Crippen LogP contribution is -2.39. The van der Waals surface area contributed by atoms with Gasteiger partial charge in [-0.2, -0.15) is 5.26 Å². The Balaban J connectivity index is 2.41. The SMILES string of the molecule is CC(SC#N)C(=O)N1CCCCC1. The molecule has 0 aromatic carbocycles. The number of nitriles is 1. The molecule has 1 aliphatic heterocycles. The van der Waals surface area contributed by atoms with Crippen LogP contribution < -0.4 is 0 Å². The standard InChI is InChI=1S/C9H14N2OS/c1-8(13-7-10)9(12)11-5-3-2-4-6-11/h8H,2-6H2,1H3. The van der Waals surface area contributed by atoms with Crippen molar-refractivity contribution in [2.45, 2.75) is 31.4 Å². The number of thioether (sulfide) groups is 1. The van der Waals surface area contributed by atoms with Gasteiger partial charge in [0.05, 0.1) is 5.25 Å². The van der Waals surface area contributed by atoms with Crippen LogP contribution in [0, 0.1) is 10.7 Å². The van der Waals surface area contributed by atoms with Crippen molar-refractivity contribution in [3.63, 3.8) is 0 Å². The molecule has 1 heterocycles. The van der Waals surface area contributed by atoms with Crippen LogP contribution >= 0.6 is 11.8 Å². The number of amides is 1. The first kappa shape index (κ1) is 10.4. The van der Waals surface area contributed by atoms with Gasteiger partial charge in [0.15, 0.2) is 0 Å². The fourth-order valence-electron chi connectivity index (χ4n) is 1.50.